The fraction of sp³-hybridized carbons (Fsp3) is 0.429. The number of fused-ring (bicyclic) bond motifs is 1. The van der Waals surface area contributed by atoms with Gasteiger partial charge in [-0.2, -0.15) is 4.98 Å². The van der Waals surface area contributed by atoms with Crippen LogP contribution in [-0.4, -0.2) is 36.3 Å². The molecular weight excluding hydrogens is 284 g/mol. The number of hydrogen-bond acceptors (Lipinski definition) is 7. The van der Waals surface area contributed by atoms with E-state index in [-0.39, 0.29) is 0 Å². The number of aromatic nitrogens is 5. The molecule has 3 aromatic rings. The van der Waals surface area contributed by atoms with Gasteiger partial charge in [0.15, 0.2) is 0 Å². The lowest BCUT2D eigenvalue weighted by atomic mass is 10.3. The SMILES string of the molecule is CCc1nnc2n1CCN(Cc1nc(-c3ccoc3)no1)C2. The summed E-state index contributed by atoms with van der Waals surface area (Å²) in [7, 11) is 0. The van der Waals surface area contributed by atoms with Crippen molar-refractivity contribution >= 4 is 0 Å². The lowest BCUT2D eigenvalue weighted by Gasteiger charge is -2.26. The van der Waals surface area contributed by atoms with E-state index in [4.69, 9.17) is 8.94 Å². The van der Waals surface area contributed by atoms with Crippen LogP contribution in [0.5, 0.6) is 0 Å². The molecule has 0 amide bonds. The number of aryl methyl sites for hydroxylation is 1. The first kappa shape index (κ1) is 13.2. The van der Waals surface area contributed by atoms with E-state index < -0.39 is 0 Å². The van der Waals surface area contributed by atoms with Gasteiger partial charge in [-0.3, -0.25) is 4.90 Å². The van der Waals surface area contributed by atoms with E-state index in [9.17, 15) is 0 Å². The number of rotatable bonds is 4. The van der Waals surface area contributed by atoms with Gasteiger partial charge >= 0.3 is 0 Å². The number of furan rings is 1. The van der Waals surface area contributed by atoms with Gasteiger partial charge in [0.1, 0.15) is 17.9 Å². The Morgan fingerprint density at radius 2 is 2.23 bits per heavy atom. The van der Waals surface area contributed by atoms with Crippen molar-refractivity contribution in [3.8, 4) is 11.4 Å². The van der Waals surface area contributed by atoms with Crippen LogP contribution < -0.4 is 0 Å². The zero-order valence-electron chi connectivity index (χ0n) is 12.3. The van der Waals surface area contributed by atoms with Crippen LogP contribution in [0.15, 0.2) is 27.5 Å². The molecule has 4 rings (SSSR count). The van der Waals surface area contributed by atoms with Crippen molar-refractivity contribution < 1.29 is 8.94 Å². The molecule has 8 nitrogen and oxygen atoms in total. The predicted molar refractivity (Wildman–Crippen MR) is 75.5 cm³/mol. The van der Waals surface area contributed by atoms with Gasteiger partial charge in [0.2, 0.25) is 11.7 Å². The second-order valence-electron chi connectivity index (χ2n) is 5.27. The molecule has 0 aromatic carbocycles. The smallest absolute Gasteiger partial charge is 0.241 e. The normalized spacial score (nSPS) is 15.1. The summed E-state index contributed by atoms with van der Waals surface area (Å²) < 4.78 is 12.5. The molecule has 1 aliphatic rings. The molecule has 0 bridgehead atoms. The Morgan fingerprint density at radius 3 is 3.05 bits per heavy atom. The maximum absolute atomic E-state index is 5.32. The van der Waals surface area contributed by atoms with Crippen LogP contribution in [0.1, 0.15) is 24.5 Å². The lowest BCUT2D eigenvalue weighted by Crippen LogP contribution is -2.34. The molecule has 0 radical (unpaired) electrons. The Labute approximate surface area is 126 Å². The fourth-order valence-electron chi connectivity index (χ4n) is 2.68. The highest BCUT2D eigenvalue weighted by atomic mass is 16.5. The van der Waals surface area contributed by atoms with Gasteiger partial charge in [-0.15, -0.1) is 10.2 Å². The zero-order chi connectivity index (χ0) is 14.9. The summed E-state index contributed by atoms with van der Waals surface area (Å²) in [5, 5.41) is 12.5. The Balaban J connectivity index is 1.46. The van der Waals surface area contributed by atoms with Crippen molar-refractivity contribution in [2.24, 2.45) is 0 Å². The van der Waals surface area contributed by atoms with Gasteiger partial charge in [-0.1, -0.05) is 12.1 Å². The van der Waals surface area contributed by atoms with Crippen molar-refractivity contribution in [3.63, 3.8) is 0 Å². The van der Waals surface area contributed by atoms with Gasteiger partial charge in [0.05, 0.1) is 24.9 Å². The largest absolute Gasteiger partial charge is 0.472 e. The van der Waals surface area contributed by atoms with Crippen LogP contribution in [0, 0.1) is 0 Å². The summed E-state index contributed by atoms with van der Waals surface area (Å²) in [4.78, 5) is 6.63. The Bertz CT molecular complexity index is 760. The Kier molecular flexibility index (Phi) is 3.23. The molecule has 4 heterocycles. The average molecular weight is 300 g/mol. The van der Waals surface area contributed by atoms with Gasteiger partial charge in [0.25, 0.3) is 0 Å². The van der Waals surface area contributed by atoms with Gasteiger partial charge in [-0.05, 0) is 6.07 Å². The van der Waals surface area contributed by atoms with E-state index in [0.29, 0.717) is 18.3 Å². The van der Waals surface area contributed by atoms with E-state index in [1.54, 1.807) is 12.5 Å². The van der Waals surface area contributed by atoms with Crippen LogP contribution >= 0.6 is 0 Å². The molecule has 3 aromatic heterocycles. The van der Waals surface area contributed by atoms with E-state index in [1.807, 2.05) is 6.07 Å². The minimum absolute atomic E-state index is 0.553. The van der Waals surface area contributed by atoms with Crippen LogP contribution in [0.3, 0.4) is 0 Å². The molecule has 0 unspecified atom stereocenters. The number of nitrogens with zero attached hydrogens (tertiary/aromatic N) is 6. The topological polar surface area (TPSA) is 86.0 Å². The summed E-state index contributed by atoms with van der Waals surface area (Å²) >= 11 is 0. The fourth-order valence-corrected chi connectivity index (χ4v) is 2.68. The maximum atomic E-state index is 5.32. The van der Waals surface area contributed by atoms with Crippen molar-refractivity contribution in [1.29, 1.82) is 0 Å². The van der Waals surface area contributed by atoms with Crippen molar-refractivity contribution in [2.45, 2.75) is 33.0 Å². The summed E-state index contributed by atoms with van der Waals surface area (Å²) in [6.07, 6.45) is 4.10. The molecular formula is C14H16N6O2. The second-order valence-corrected chi connectivity index (χ2v) is 5.27. The highest BCUT2D eigenvalue weighted by molar-refractivity contribution is 5.51. The van der Waals surface area contributed by atoms with Crippen LogP contribution in [0.4, 0.5) is 0 Å². The van der Waals surface area contributed by atoms with Crippen LogP contribution in [-0.2, 0) is 26.1 Å². The van der Waals surface area contributed by atoms with E-state index in [0.717, 1.165) is 43.3 Å². The third kappa shape index (κ3) is 2.31. The summed E-state index contributed by atoms with van der Waals surface area (Å²) in [6, 6.07) is 1.81. The molecule has 0 fully saturated rings. The first-order chi connectivity index (χ1) is 10.8. The molecule has 0 saturated carbocycles. The monoisotopic (exact) mass is 300 g/mol. The molecule has 1 aliphatic heterocycles. The van der Waals surface area contributed by atoms with Gasteiger partial charge in [0, 0.05) is 19.5 Å². The standard InChI is InChI=1S/C14H16N6O2/c1-2-11-16-17-12-7-19(4-5-20(11)12)8-13-15-14(18-22-13)10-3-6-21-9-10/h3,6,9H,2,4-5,7-8H2,1H3. The molecule has 0 saturated heterocycles. The Morgan fingerprint density at radius 1 is 1.27 bits per heavy atom. The number of hydrogen-bond donors (Lipinski definition) is 0. The third-order valence-electron chi connectivity index (χ3n) is 3.83. The first-order valence-electron chi connectivity index (χ1n) is 7.32. The summed E-state index contributed by atoms with van der Waals surface area (Å²) in [5.74, 6) is 3.20. The second kappa shape index (κ2) is 5.38. The van der Waals surface area contributed by atoms with Crippen molar-refractivity contribution in [3.05, 3.63) is 36.1 Å². The lowest BCUT2D eigenvalue weighted by molar-refractivity contribution is 0.182. The van der Waals surface area contributed by atoms with E-state index >= 15 is 0 Å². The highest BCUT2D eigenvalue weighted by Gasteiger charge is 2.22. The van der Waals surface area contributed by atoms with Crippen LogP contribution in [0.25, 0.3) is 11.4 Å². The van der Waals surface area contributed by atoms with Gasteiger partial charge in [-0.25, -0.2) is 0 Å². The molecule has 22 heavy (non-hydrogen) atoms. The first-order valence-corrected chi connectivity index (χ1v) is 7.32. The maximum Gasteiger partial charge on any atom is 0.241 e. The molecule has 0 aliphatic carbocycles. The molecule has 8 heteroatoms. The predicted octanol–water partition coefficient (Wildman–Crippen LogP) is 1.50. The minimum atomic E-state index is 0.553. The Hall–Kier alpha value is -2.48. The third-order valence-corrected chi connectivity index (χ3v) is 3.83. The molecule has 0 atom stereocenters. The van der Waals surface area contributed by atoms with Crippen molar-refractivity contribution in [1.82, 2.24) is 29.8 Å². The quantitative estimate of drug-likeness (QED) is 0.721. The van der Waals surface area contributed by atoms with E-state index in [2.05, 4.69) is 36.7 Å². The average Bonchev–Trinajstić information content (AvgIpc) is 3.27. The van der Waals surface area contributed by atoms with E-state index in [1.165, 1.54) is 0 Å². The summed E-state index contributed by atoms with van der Waals surface area (Å²) in [5.41, 5.74) is 0.820. The zero-order valence-corrected chi connectivity index (χ0v) is 12.3. The molecule has 0 spiro atoms. The van der Waals surface area contributed by atoms with Crippen molar-refractivity contribution in [2.75, 3.05) is 6.54 Å². The van der Waals surface area contributed by atoms with Gasteiger partial charge < -0.3 is 13.5 Å². The summed E-state index contributed by atoms with van der Waals surface area (Å²) in [6.45, 7) is 5.27. The highest BCUT2D eigenvalue weighted by Crippen LogP contribution is 2.18. The van der Waals surface area contributed by atoms with Crippen LogP contribution in [0.2, 0.25) is 0 Å². The minimum Gasteiger partial charge on any atom is -0.472 e. The molecule has 0 N–H and O–H groups in total. The molecule has 114 valence electrons.